The predicted octanol–water partition coefficient (Wildman–Crippen LogP) is 3.02. The Morgan fingerprint density at radius 1 is 1.24 bits per heavy atom. The molecule has 1 aliphatic rings. The van der Waals surface area contributed by atoms with Crippen LogP contribution >= 0.6 is 11.6 Å². The molecule has 1 N–H and O–H groups in total. The molecule has 1 atom stereocenters. The summed E-state index contributed by atoms with van der Waals surface area (Å²) < 4.78 is 5.12. The van der Waals surface area contributed by atoms with Crippen molar-refractivity contribution in [1.82, 2.24) is 5.32 Å². The van der Waals surface area contributed by atoms with Crippen LogP contribution in [0.1, 0.15) is 12.0 Å². The van der Waals surface area contributed by atoms with Crippen LogP contribution in [0, 0.1) is 5.92 Å². The quantitative estimate of drug-likeness (QED) is 0.893. The molecule has 0 unspecified atom stereocenters. The van der Waals surface area contributed by atoms with Gasteiger partial charge < -0.3 is 15.0 Å². The fourth-order valence-electron chi connectivity index (χ4n) is 2.86. The minimum Gasteiger partial charge on any atom is -0.497 e. The molecule has 6 heteroatoms. The number of carbonyl (C=O) groups is 2. The third kappa shape index (κ3) is 3.94. The zero-order valence-corrected chi connectivity index (χ0v) is 14.6. The smallest absolute Gasteiger partial charge is 0.227 e. The lowest BCUT2D eigenvalue weighted by molar-refractivity contribution is -0.126. The predicted molar refractivity (Wildman–Crippen MR) is 96.8 cm³/mol. The highest BCUT2D eigenvalue weighted by molar-refractivity contribution is 6.31. The number of hydrogen-bond acceptors (Lipinski definition) is 3. The molecule has 1 fully saturated rings. The molecule has 0 radical (unpaired) electrons. The maximum Gasteiger partial charge on any atom is 0.227 e. The largest absolute Gasteiger partial charge is 0.497 e. The second-order valence-electron chi connectivity index (χ2n) is 5.91. The number of anilines is 1. The molecule has 1 aliphatic heterocycles. The Hall–Kier alpha value is -2.53. The highest BCUT2D eigenvalue weighted by atomic mass is 35.5. The topological polar surface area (TPSA) is 58.6 Å². The second-order valence-corrected chi connectivity index (χ2v) is 6.32. The molecule has 25 heavy (non-hydrogen) atoms. The van der Waals surface area contributed by atoms with Gasteiger partial charge in [-0.25, -0.2) is 0 Å². The van der Waals surface area contributed by atoms with E-state index in [-0.39, 0.29) is 24.2 Å². The highest BCUT2D eigenvalue weighted by Gasteiger charge is 2.35. The van der Waals surface area contributed by atoms with Crippen LogP contribution in [0.5, 0.6) is 5.75 Å². The van der Waals surface area contributed by atoms with Gasteiger partial charge in [-0.2, -0.15) is 0 Å². The van der Waals surface area contributed by atoms with Crippen molar-refractivity contribution in [1.29, 1.82) is 0 Å². The zero-order valence-electron chi connectivity index (χ0n) is 13.9. The Kier molecular flexibility index (Phi) is 5.24. The molecule has 0 aliphatic carbocycles. The van der Waals surface area contributed by atoms with E-state index >= 15 is 0 Å². The van der Waals surface area contributed by atoms with Crippen molar-refractivity contribution < 1.29 is 14.3 Å². The Bertz CT molecular complexity index is 776. The molecule has 5 nitrogen and oxygen atoms in total. The number of amides is 2. The van der Waals surface area contributed by atoms with E-state index in [1.807, 2.05) is 30.3 Å². The summed E-state index contributed by atoms with van der Waals surface area (Å²) >= 11 is 6.09. The molecular weight excluding hydrogens is 340 g/mol. The molecule has 0 saturated carbocycles. The third-order valence-electron chi connectivity index (χ3n) is 4.29. The first-order valence-electron chi connectivity index (χ1n) is 8.04. The molecule has 2 aromatic rings. The number of carbonyl (C=O) groups excluding carboxylic acids is 2. The number of halogens is 1. The lowest BCUT2D eigenvalue weighted by Gasteiger charge is -2.17. The summed E-state index contributed by atoms with van der Waals surface area (Å²) in [6.45, 7) is 0.727. The van der Waals surface area contributed by atoms with Crippen LogP contribution in [-0.2, 0) is 16.1 Å². The van der Waals surface area contributed by atoms with E-state index in [4.69, 9.17) is 16.3 Å². The lowest BCUT2D eigenvalue weighted by Crippen LogP contribution is -2.32. The van der Waals surface area contributed by atoms with Gasteiger partial charge in [-0.3, -0.25) is 9.59 Å². The molecule has 0 aromatic heterocycles. The molecule has 130 valence electrons. The van der Waals surface area contributed by atoms with Crippen molar-refractivity contribution in [3.63, 3.8) is 0 Å². The lowest BCUT2D eigenvalue weighted by atomic mass is 10.1. The van der Waals surface area contributed by atoms with Crippen molar-refractivity contribution in [3.05, 3.63) is 59.1 Å². The maximum atomic E-state index is 12.4. The summed E-state index contributed by atoms with van der Waals surface area (Å²) in [5, 5.41) is 3.49. The summed E-state index contributed by atoms with van der Waals surface area (Å²) in [4.78, 5) is 26.3. The fourth-order valence-corrected chi connectivity index (χ4v) is 3.07. The maximum absolute atomic E-state index is 12.4. The summed E-state index contributed by atoms with van der Waals surface area (Å²) in [5.74, 6) is 0.175. The number of methoxy groups -OCH3 is 1. The standard InChI is InChI=1S/C19H19ClN2O3/c1-25-16-8-6-15(7-9-16)22-12-14(10-18(22)23)19(24)21-11-13-4-2-3-5-17(13)20/h2-9,14H,10-12H2,1H3,(H,21,24)/t14-/m0/s1. The number of nitrogens with one attached hydrogen (secondary N) is 1. The monoisotopic (exact) mass is 358 g/mol. The van der Waals surface area contributed by atoms with Gasteiger partial charge in [0.25, 0.3) is 0 Å². The van der Waals surface area contributed by atoms with Gasteiger partial charge in [-0.05, 0) is 35.9 Å². The van der Waals surface area contributed by atoms with E-state index in [0.717, 1.165) is 17.0 Å². The first-order chi connectivity index (χ1) is 12.1. The SMILES string of the molecule is COc1ccc(N2C[C@@H](C(=O)NCc3ccccc3Cl)CC2=O)cc1. The first kappa shape index (κ1) is 17.3. The Morgan fingerprint density at radius 3 is 2.64 bits per heavy atom. The number of rotatable bonds is 5. The molecule has 1 heterocycles. The summed E-state index contributed by atoms with van der Waals surface area (Å²) in [7, 11) is 1.59. The van der Waals surface area contributed by atoms with E-state index < -0.39 is 0 Å². The summed E-state index contributed by atoms with van der Waals surface area (Å²) in [6, 6.07) is 14.6. The molecule has 3 rings (SSSR count). The van der Waals surface area contributed by atoms with Gasteiger partial charge in [0.05, 0.1) is 13.0 Å². The van der Waals surface area contributed by atoms with Gasteiger partial charge in [0.15, 0.2) is 0 Å². The van der Waals surface area contributed by atoms with E-state index in [9.17, 15) is 9.59 Å². The van der Waals surface area contributed by atoms with Gasteiger partial charge in [-0.15, -0.1) is 0 Å². The van der Waals surface area contributed by atoms with Gasteiger partial charge in [-0.1, -0.05) is 29.8 Å². The van der Waals surface area contributed by atoms with Crippen LogP contribution in [0.15, 0.2) is 48.5 Å². The van der Waals surface area contributed by atoms with E-state index in [1.165, 1.54) is 0 Å². The summed E-state index contributed by atoms with van der Waals surface area (Å²) in [5.41, 5.74) is 1.63. The molecule has 0 bridgehead atoms. The van der Waals surface area contributed by atoms with E-state index in [0.29, 0.717) is 18.1 Å². The van der Waals surface area contributed by atoms with Gasteiger partial charge in [0, 0.05) is 30.2 Å². The molecule has 0 spiro atoms. The Morgan fingerprint density at radius 2 is 1.96 bits per heavy atom. The van der Waals surface area contributed by atoms with Gasteiger partial charge in [0.1, 0.15) is 5.75 Å². The Labute approximate surface area is 151 Å². The number of nitrogens with zero attached hydrogens (tertiary/aromatic N) is 1. The van der Waals surface area contributed by atoms with Crippen LogP contribution in [0.2, 0.25) is 5.02 Å². The summed E-state index contributed by atoms with van der Waals surface area (Å²) in [6.07, 6.45) is 0.209. The number of benzene rings is 2. The number of ether oxygens (including phenoxy) is 1. The number of hydrogen-bond donors (Lipinski definition) is 1. The molecule has 1 saturated heterocycles. The van der Waals surface area contributed by atoms with E-state index in [2.05, 4.69) is 5.32 Å². The minimum absolute atomic E-state index is 0.0527. The van der Waals surface area contributed by atoms with Crippen molar-refractivity contribution in [3.8, 4) is 5.75 Å². The Balaban J connectivity index is 1.61. The third-order valence-corrected chi connectivity index (χ3v) is 4.66. The van der Waals surface area contributed by atoms with Crippen LogP contribution in [0.3, 0.4) is 0 Å². The van der Waals surface area contributed by atoms with Crippen molar-refractivity contribution >= 4 is 29.1 Å². The van der Waals surface area contributed by atoms with Crippen LogP contribution in [0.25, 0.3) is 0 Å². The minimum atomic E-state index is -0.364. The molecule has 2 amide bonds. The van der Waals surface area contributed by atoms with Crippen LogP contribution < -0.4 is 15.0 Å². The van der Waals surface area contributed by atoms with Gasteiger partial charge >= 0.3 is 0 Å². The highest BCUT2D eigenvalue weighted by Crippen LogP contribution is 2.27. The zero-order chi connectivity index (χ0) is 17.8. The van der Waals surface area contributed by atoms with Crippen molar-refractivity contribution in [2.75, 3.05) is 18.6 Å². The van der Waals surface area contributed by atoms with Crippen molar-refractivity contribution in [2.24, 2.45) is 5.92 Å². The average molecular weight is 359 g/mol. The van der Waals surface area contributed by atoms with Crippen LogP contribution in [0.4, 0.5) is 5.69 Å². The van der Waals surface area contributed by atoms with Crippen LogP contribution in [-0.4, -0.2) is 25.5 Å². The van der Waals surface area contributed by atoms with E-state index in [1.54, 1.807) is 30.2 Å². The second kappa shape index (κ2) is 7.57. The molecular formula is C19H19ClN2O3. The normalized spacial score (nSPS) is 16.8. The fraction of sp³-hybridized carbons (Fsp3) is 0.263. The average Bonchev–Trinajstić information content (AvgIpc) is 3.03. The van der Waals surface area contributed by atoms with Gasteiger partial charge in [0.2, 0.25) is 11.8 Å². The molecule has 2 aromatic carbocycles. The first-order valence-corrected chi connectivity index (χ1v) is 8.42. The van der Waals surface area contributed by atoms with Crippen molar-refractivity contribution in [2.45, 2.75) is 13.0 Å².